The van der Waals surface area contributed by atoms with Crippen molar-refractivity contribution in [3.63, 3.8) is 0 Å². The zero-order valence-corrected chi connectivity index (χ0v) is 12.9. The van der Waals surface area contributed by atoms with Crippen LogP contribution in [0.2, 0.25) is 0 Å². The summed E-state index contributed by atoms with van der Waals surface area (Å²) in [6, 6.07) is 14.3. The van der Waals surface area contributed by atoms with Crippen LogP contribution in [0, 0.1) is 0 Å². The molecule has 0 amide bonds. The zero-order chi connectivity index (χ0) is 14.8. The van der Waals surface area contributed by atoms with E-state index in [1.54, 1.807) is 0 Å². The van der Waals surface area contributed by atoms with E-state index >= 15 is 0 Å². The van der Waals surface area contributed by atoms with Crippen LogP contribution in [0.15, 0.2) is 42.5 Å². The third-order valence-corrected chi connectivity index (χ3v) is 4.21. The fourth-order valence-corrected chi connectivity index (χ4v) is 3.16. The molecule has 0 fully saturated rings. The van der Waals surface area contributed by atoms with Gasteiger partial charge in [0.15, 0.2) is 5.78 Å². The number of rotatable bonds is 5. The molecule has 108 valence electrons. The van der Waals surface area contributed by atoms with E-state index in [0.29, 0.717) is 12.3 Å². The molecule has 3 aromatic rings. The second-order valence-corrected chi connectivity index (χ2v) is 5.56. The van der Waals surface area contributed by atoms with Crippen LogP contribution in [0.5, 0.6) is 0 Å². The highest BCUT2D eigenvalue weighted by Crippen LogP contribution is 2.31. The van der Waals surface area contributed by atoms with E-state index < -0.39 is 0 Å². The third kappa shape index (κ3) is 2.34. The summed E-state index contributed by atoms with van der Waals surface area (Å²) in [7, 11) is 0. The second-order valence-electron chi connectivity index (χ2n) is 5.18. The van der Waals surface area contributed by atoms with Gasteiger partial charge in [-0.3, -0.25) is 4.79 Å². The van der Waals surface area contributed by atoms with E-state index in [4.69, 9.17) is 11.6 Å². The Morgan fingerprint density at radius 3 is 2.62 bits per heavy atom. The van der Waals surface area contributed by atoms with Crippen LogP contribution in [-0.2, 0) is 6.54 Å². The first-order valence-electron chi connectivity index (χ1n) is 7.37. The number of carbonyl (C=O) groups excluding carboxylic acids is 1. The lowest BCUT2D eigenvalue weighted by atomic mass is 10.0. The Bertz CT molecular complexity index is 803. The van der Waals surface area contributed by atoms with Crippen molar-refractivity contribution in [2.45, 2.75) is 26.3 Å². The van der Waals surface area contributed by atoms with E-state index in [2.05, 4.69) is 29.7 Å². The van der Waals surface area contributed by atoms with Crippen LogP contribution in [0.1, 0.15) is 30.1 Å². The largest absolute Gasteiger partial charge is 0.340 e. The lowest BCUT2D eigenvalue weighted by Gasteiger charge is -2.07. The Morgan fingerprint density at radius 1 is 1.10 bits per heavy atom. The summed E-state index contributed by atoms with van der Waals surface area (Å²) in [5.41, 5.74) is 3.06. The Morgan fingerprint density at radius 2 is 1.86 bits per heavy atom. The first-order valence-corrected chi connectivity index (χ1v) is 7.90. The minimum Gasteiger partial charge on any atom is -0.340 e. The highest BCUT2D eigenvalue weighted by Gasteiger charge is 2.16. The van der Waals surface area contributed by atoms with Crippen LogP contribution < -0.4 is 0 Å². The molecule has 0 radical (unpaired) electrons. The van der Waals surface area contributed by atoms with Crippen molar-refractivity contribution in [1.29, 1.82) is 0 Å². The fourth-order valence-electron chi connectivity index (χ4n) is 3.02. The lowest BCUT2D eigenvalue weighted by Crippen LogP contribution is -2.04. The quantitative estimate of drug-likeness (QED) is 0.479. The van der Waals surface area contributed by atoms with Gasteiger partial charge in [0.25, 0.3) is 0 Å². The average Bonchev–Trinajstić information content (AvgIpc) is 2.86. The number of aromatic nitrogens is 1. The normalized spacial score (nSPS) is 11.3. The highest BCUT2D eigenvalue weighted by atomic mass is 35.5. The van der Waals surface area contributed by atoms with Crippen molar-refractivity contribution in [2.24, 2.45) is 0 Å². The third-order valence-electron chi connectivity index (χ3n) is 3.95. The number of hydrogen-bond acceptors (Lipinski definition) is 1. The number of Topliss-reactive ketones (excluding diaryl/α,β-unsaturated/α-hetero) is 1. The number of halogens is 1. The van der Waals surface area contributed by atoms with Crippen molar-refractivity contribution < 1.29 is 4.79 Å². The molecule has 0 aliphatic carbocycles. The van der Waals surface area contributed by atoms with Crippen molar-refractivity contribution in [2.75, 3.05) is 5.88 Å². The number of hydrogen-bond donors (Lipinski definition) is 0. The smallest absolute Gasteiger partial charge is 0.165 e. The van der Waals surface area contributed by atoms with Crippen molar-refractivity contribution >= 4 is 39.2 Å². The lowest BCUT2D eigenvalue weighted by molar-refractivity contribution is 0.0983. The summed E-state index contributed by atoms with van der Waals surface area (Å²) in [5.74, 6) is 0.706. The Hall–Kier alpha value is -1.80. The summed E-state index contributed by atoms with van der Waals surface area (Å²) in [4.78, 5) is 12.5. The summed E-state index contributed by atoms with van der Waals surface area (Å²) < 4.78 is 2.23. The maximum absolute atomic E-state index is 12.5. The van der Waals surface area contributed by atoms with E-state index in [1.165, 1.54) is 10.9 Å². The number of alkyl halides is 1. The number of fused-ring (bicyclic) bond motifs is 3. The molecule has 3 rings (SSSR count). The molecule has 2 nitrogen and oxygen atoms in total. The maximum Gasteiger partial charge on any atom is 0.165 e. The van der Waals surface area contributed by atoms with E-state index in [-0.39, 0.29) is 5.78 Å². The molecule has 0 N–H and O–H groups in total. The van der Waals surface area contributed by atoms with Crippen molar-refractivity contribution in [3.05, 3.63) is 48.0 Å². The molecule has 1 aromatic heterocycles. The number of para-hydroxylation sites is 2. The molecule has 0 aliphatic rings. The molecule has 0 spiro atoms. The standard InChI is InChI=1S/C18H18ClNO/c1-2-20-16-10-4-3-7-13(16)14-8-5-9-15(18(14)20)17(21)11-6-12-19/h3-5,7-10H,2,6,11-12H2,1H3. The van der Waals surface area contributed by atoms with Gasteiger partial charge in [-0.25, -0.2) is 0 Å². The number of ketones is 1. The van der Waals surface area contributed by atoms with Crippen LogP contribution in [0.4, 0.5) is 0 Å². The van der Waals surface area contributed by atoms with E-state index in [0.717, 1.165) is 29.4 Å². The zero-order valence-electron chi connectivity index (χ0n) is 12.1. The van der Waals surface area contributed by atoms with E-state index in [1.807, 2.05) is 24.3 Å². The van der Waals surface area contributed by atoms with Crippen molar-refractivity contribution in [3.8, 4) is 0 Å². The van der Waals surface area contributed by atoms with Gasteiger partial charge < -0.3 is 4.57 Å². The number of aryl methyl sites for hydroxylation is 1. The van der Waals surface area contributed by atoms with Crippen LogP contribution >= 0.6 is 11.6 Å². The molecule has 1 heterocycles. The number of benzene rings is 2. The monoisotopic (exact) mass is 299 g/mol. The van der Waals surface area contributed by atoms with Gasteiger partial charge in [-0.15, -0.1) is 11.6 Å². The van der Waals surface area contributed by atoms with Gasteiger partial charge in [0.05, 0.1) is 5.52 Å². The summed E-state index contributed by atoms with van der Waals surface area (Å²) >= 11 is 5.72. The first-order chi connectivity index (χ1) is 10.3. The van der Waals surface area contributed by atoms with Crippen LogP contribution in [0.3, 0.4) is 0 Å². The molecule has 2 aromatic carbocycles. The first kappa shape index (κ1) is 14.2. The number of nitrogens with zero attached hydrogens (tertiary/aromatic N) is 1. The molecule has 0 aliphatic heterocycles. The molecule has 21 heavy (non-hydrogen) atoms. The summed E-state index contributed by atoms with van der Waals surface area (Å²) in [5, 5.41) is 2.37. The van der Waals surface area contributed by atoms with Gasteiger partial charge >= 0.3 is 0 Å². The topological polar surface area (TPSA) is 22.0 Å². The molecule has 0 saturated heterocycles. The van der Waals surface area contributed by atoms with Crippen molar-refractivity contribution in [1.82, 2.24) is 4.57 Å². The predicted octanol–water partition coefficient (Wildman–Crippen LogP) is 5.02. The minimum absolute atomic E-state index is 0.179. The minimum atomic E-state index is 0.179. The molecule has 0 saturated carbocycles. The predicted molar refractivity (Wildman–Crippen MR) is 89.4 cm³/mol. The Kier molecular flexibility index (Phi) is 3.98. The van der Waals surface area contributed by atoms with Crippen LogP contribution in [-0.4, -0.2) is 16.2 Å². The molecule has 0 bridgehead atoms. The summed E-state index contributed by atoms with van der Waals surface area (Å²) in [6.45, 7) is 2.97. The molecule has 0 atom stereocenters. The molecule has 3 heteroatoms. The molecule has 0 unspecified atom stereocenters. The highest BCUT2D eigenvalue weighted by molar-refractivity contribution is 6.18. The summed E-state index contributed by atoms with van der Waals surface area (Å²) in [6.07, 6.45) is 1.23. The van der Waals surface area contributed by atoms with Gasteiger partial charge in [0.1, 0.15) is 0 Å². The van der Waals surface area contributed by atoms with Crippen LogP contribution in [0.25, 0.3) is 21.8 Å². The van der Waals surface area contributed by atoms with Gasteiger partial charge in [-0.05, 0) is 25.5 Å². The van der Waals surface area contributed by atoms with Gasteiger partial charge in [0.2, 0.25) is 0 Å². The second kappa shape index (κ2) is 5.90. The Balaban J connectivity index is 2.29. The van der Waals surface area contributed by atoms with E-state index in [9.17, 15) is 4.79 Å². The molecular weight excluding hydrogens is 282 g/mol. The average molecular weight is 300 g/mol. The van der Waals surface area contributed by atoms with Gasteiger partial charge in [-0.2, -0.15) is 0 Å². The fraction of sp³-hybridized carbons (Fsp3) is 0.278. The number of carbonyl (C=O) groups is 1. The maximum atomic E-state index is 12.5. The van der Waals surface area contributed by atoms with Gasteiger partial charge in [0, 0.05) is 40.7 Å². The molecular formula is C18H18ClNO. The SMILES string of the molecule is CCn1c2ccccc2c2cccc(C(=O)CCCCl)c21. The Labute approximate surface area is 129 Å². The van der Waals surface area contributed by atoms with Gasteiger partial charge in [-0.1, -0.05) is 30.3 Å².